The van der Waals surface area contributed by atoms with Crippen molar-refractivity contribution in [1.29, 1.82) is 0 Å². The van der Waals surface area contributed by atoms with Crippen molar-refractivity contribution in [3.63, 3.8) is 0 Å². The van der Waals surface area contributed by atoms with E-state index in [1.165, 1.54) is 11.3 Å². The van der Waals surface area contributed by atoms with Gasteiger partial charge in [-0.2, -0.15) is 0 Å². The van der Waals surface area contributed by atoms with E-state index in [9.17, 15) is 4.79 Å². The topological polar surface area (TPSA) is 44.4 Å². The summed E-state index contributed by atoms with van der Waals surface area (Å²) in [6, 6.07) is 8.63. The molecule has 0 fully saturated rings. The second kappa shape index (κ2) is 6.57. The molecule has 0 aliphatic carbocycles. The lowest BCUT2D eigenvalue weighted by atomic mass is 10.1. The molecule has 0 saturated carbocycles. The van der Waals surface area contributed by atoms with Crippen LogP contribution in [0.4, 0.5) is 5.69 Å². The first kappa shape index (κ1) is 13.9. The van der Waals surface area contributed by atoms with Crippen LogP contribution in [0.25, 0.3) is 0 Å². The van der Waals surface area contributed by atoms with Gasteiger partial charge in [-0.25, -0.2) is 0 Å². The normalized spacial score (nSPS) is 15.0. The number of hydrogen-bond donors (Lipinski definition) is 2. The number of nitrogens with zero attached hydrogens (tertiary/aromatic N) is 1. The predicted octanol–water partition coefficient (Wildman–Crippen LogP) is 1.51. The third-order valence-electron chi connectivity index (χ3n) is 3.26. The van der Waals surface area contributed by atoms with Crippen LogP contribution in [0.1, 0.15) is 25.8 Å². The average Bonchev–Trinajstić information content (AvgIpc) is 2.58. The first-order chi connectivity index (χ1) is 9.16. The highest BCUT2D eigenvalue weighted by Gasteiger charge is 2.15. The van der Waals surface area contributed by atoms with Crippen LogP contribution in [0.2, 0.25) is 0 Å². The summed E-state index contributed by atoms with van der Waals surface area (Å²) in [6.07, 6.45) is 0.548. The molecule has 1 aliphatic rings. The molecule has 1 aliphatic heterocycles. The maximum absolute atomic E-state index is 11.7. The first-order valence-corrected chi connectivity index (χ1v) is 7.00. The quantitative estimate of drug-likeness (QED) is 0.863. The maximum Gasteiger partial charge on any atom is 0.221 e. The fraction of sp³-hybridized carbons (Fsp3) is 0.533. The monoisotopic (exact) mass is 261 g/mol. The van der Waals surface area contributed by atoms with Crippen LogP contribution in [-0.4, -0.2) is 31.6 Å². The minimum Gasteiger partial charge on any atom is -0.369 e. The predicted molar refractivity (Wildman–Crippen MR) is 78.3 cm³/mol. The zero-order valence-electron chi connectivity index (χ0n) is 11.8. The van der Waals surface area contributed by atoms with Gasteiger partial charge in [0.1, 0.15) is 0 Å². The zero-order chi connectivity index (χ0) is 13.7. The summed E-state index contributed by atoms with van der Waals surface area (Å²) >= 11 is 0. The molecule has 0 atom stereocenters. The van der Waals surface area contributed by atoms with Crippen LogP contribution >= 0.6 is 0 Å². The smallest absolute Gasteiger partial charge is 0.221 e. The Hall–Kier alpha value is -1.55. The number of amides is 1. The van der Waals surface area contributed by atoms with Gasteiger partial charge in [-0.1, -0.05) is 18.2 Å². The molecular weight excluding hydrogens is 238 g/mol. The van der Waals surface area contributed by atoms with Crippen molar-refractivity contribution in [3.05, 3.63) is 29.8 Å². The highest BCUT2D eigenvalue weighted by molar-refractivity contribution is 5.76. The second-order valence-electron chi connectivity index (χ2n) is 5.26. The SMILES string of the molecule is CC(C)NC(=O)CCN1CCNCc2ccccc21. The molecule has 0 saturated heterocycles. The molecule has 0 radical (unpaired) electrons. The number of carbonyl (C=O) groups excluding carboxylic acids is 1. The van der Waals surface area contributed by atoms with Gasteiger partial charge in [-0.3, -0.25) is 4.79 Å². The molecule has 19 heavy (non-hydrogen) atoms. The van der Waals surface area contributed by atoms with Gasteiger partial charge in [0.05, 0.1) is 0 Å². The van der Waals surface area contributed by atoms with Crippen molar-refractivity contribution in [2.45, 2.75) is 32.9 Å². The maximum atomic E-state index is 11.7. The van der Waals surface area contributed by atoms with Gasteiger partial charge in [0.15, 0.2) is 0 Å². The number of rotatable bonds is 4. The molecule has 0 aromatic heterocycles. The number of benzene rings is 1. The Balaban J connectivity index is 1.98. The molecule has 0 bridgehead atoms. The van der Waals surface area contributed by atoms with Crippen LogP contribution < -0.4 is 15.5 Å². The second-order valence-corrected chi connectivity index (χ2v) is 5.26. The van der Waals surface area contributed by atoms with Crippen molar-refractivity contribution < 1.29 is 4.79 Å². The molecule has 1 aromatic rings. The summed E-state index contributed by atoms with van der Waals surface area (Å²) in [5.41, 5.74) is 2.56. The highest BCUT2D eigenvalue weighted by atomic mass is 16.1. The lowest BCUT2D eigenvalue weighted by molar-refractivity contribution is -0.121. The molecular formula is C15H23N3O. The number of anilines is 1. The third-order valence-corrected chi connectivity index (χ3v) is 3.26. The van der Waals surface area contributed by atoms with E-state index in [1.807, 2.05) is 13.8 Å². The van der Waals surface area contributed by atoms with Crippen molar-refractivity contribution in [2.75, 3.05) is 24.5 Å². The van der Waals surface area contributed by atoms with E-state index in [-0.39, 0.29) is 11.9 Å². The van der Waals surface area contributed by atoms with E-state index in [0.717, 1.165) is 26.2 Å². The van der Waals surface area contributed by atoms with Crippen molar-refractivity contribution >= 4 is 11.6 Å². The Morgan fingerprint density at radius 1 is 1.42 bits per heavy atom. The molecule has 4 nitrogen and oxygen atoms in total. The molecule has 1 amide bonds. The Morgan fingerprint density at radius 3 is 3.00 bits per heavy atom. The van der Waals surface area contributed by atoms with Gasteiger partial charge in [-0.05, 0) is 25.5 Å². The van der Waals surface area contributed by atoms with Gasteiger partial charge in [0.2, 0.25) is 5.91 Å². The Morgan fingerprint density at radius 2 is 2.21 bits per heavy atom. The standard InChI is InChI=1S/C15H23N3O/c1-12(2)17-15(19)7-9-18-10-8-16-11-13-5-3-4-6-14(13)18/h3-6,12,16H,7-11H2,1-2H3,(H,17,19). The number of para-hydroxylation sites is 1. The van der Waals surface area contributed by atoms with Gasteiger partial charge in [0, 0.05) is 44.3 Å². The van der Waals surface area contributed by atoms with E-state index in [0.29, 0.717) is 6.42 Å². The fourth-order valence-electron chi connectivity index (χ4n) is 2.39. The van der Waals surface area contributed by atoms with E-state index in [2.05, 4.69) is 39.8 Å². The Labute approximate surface area is 115 Å². The summed E-state index contributed by atoms with van der Waals surface area (Å²) in [4.78, 5) is 14.0. The third kappa shape index (κ3) is 3.96. The van der Waals surface area contributed by atoms with Crippen LogP contribution in [0.3, 0.4) is 0 Å². The lowest BCUT2D eigenvalue weighted by Gasteiger charge is -2.24. The fourth-order valence-corrected chi connectivity index (χ4v) is 2.39. The highest BCUT2D eigenvalue weighted by Crippen LogP contribution is 2.21. The van der Waals surface area contributed by atoms with E-state index >= 15 is 0 Å². The van der Waals surface area contributed by atoms with E-state index < -0.39 is 0 Å². The van der Waals surface area contributed by atoms with Crippen LogP contribution in [0.15, 0.2) is 24.3 Å². The summed E-state index contributed by atoms with van der Waals surface area (Å²) in [5.74, 6) is 0.129. The molecule has 1 aromatic carbocycles. The molecule has 4 heteroatoms. The van der Waals surface area contributed by atoms with Crippen LogP contribution in [-0.2, 0) is 11.3 Å². The molecule has 1 heterocycles. The number of hydrogen-bond acceptors (Lipinski definition) is 3. The van der Waals surface area contributed by atoms with Gasteiger partial charge in [0.25, 0.3) is 0 Å². The molecule has 0 unspecified atom stereocenters. The number of fused-ring (bicyclic) bond motifs is 1. The van der Waals surface area contributed by atoms with Crippen LogP contribution in [0.5, 0.6) is 0 Å². The lowest BCUT2D eigenvalue weighted by Crippen LogP contribution is -2.35. The van der Waals surface area contributed by atoms with Gasteiger partial charge in [-0.15, -0.1) is 0 Å². The summed E-state index contributed by atoms with van der Waals surface area (Å²) in [5, 5.41) is 6.35. The molecule has 0 spiro atoms. The first-order valence-electron chi connectivity index (χ1n) is 7.00. The zero-order valence-corrected chi connectivity index (χ0v) is 11.8. The molecule has 2 rings (SSSR count). The number of carbonyl (C=O) groups is 1. The summed E-state index contributed by atoms with van der Waals surface area (Å²) < 4.78 is 0. The average molecular weight is 261 g/mol. The van der Waals surface area contributed by atoms with Crippen molar-refractivity contribution in [3.8, 4) is 0 Å². The largest absolute Gasteiger partial charge is 0.369 e. The van der Waals surface area contributed by atoms with Gasteiger partial charge < -0.3 is 15.5 Å². The summed E-state index contributed by atoms with van der Waals surface area (Å²) in [7, 11) is 0. The summed E-state index contributed by atoms with van der Waals surface area (Å²) in [6.45, 7) is 7.57. The van der Waals surface area contributed by atoms with Crippen molar-refractivity contribution in [2.24, 2.45) is 0 Å². The minimum atomic E-state index is 0.129. The Kier molecular flexibility index (Phi) is 4.80. The van der Waals surface area contributed by atoms with E-state index in [1.54, 1.807) is 0 Å². The van der Waals surface area contributed by atoms with Crippen LogP contribution in [0, 0.1) is 0 Å². The Bertz CT molecular complexity index is 431. The minimum absolute atomic E-state index is 0.129. The molecule has 104 valence electrons. The number of nitrogens with one attached hydrogen (secondary N) is 2. The molecule has 2 N–H and O–H groups in total. The van der Waals surface area contributed by atoms with Crippen molar-refractivity contribution in [1.82, 2.24) is 10.6 Å². The van der Waals surface area contributed by atoms with E-state index in [4.69, 9.17) is 0 Å². The van der Waals surface area contributed by atoms with Gasteiger partial charge >= 0.3 is 0 Å².